The van der Waals surface area contributed by atoms with Crippen molar-refractivity contribution in [1.29, 1.82) is 0 Å². The molecule has 0 bridgehead atoms. The standard InChI is InChI=1S/C22H18ClFN2O3/c1-14-10-11-15(23)12-19(14)26-22(28)16-6-2-5-9-20(16)29-13-21(27)25-18-8-4-3-7-17(18)24/h2-12H,13H2,1H3,(H,25,27)(H,26,28). The molecule has 0 saturated heterocycles. The molecule has 29 heavy (non-hydrogen) atoms. The van der Waals surface area contributed by atoms with Crippen molar-refractivity contribution in [1.82, 2.24) is 0 Å². The smallest absolute Gasteiger partial charge is 0.262 e. The van der Waals surface area contributed by atoms with Crippen molar-refractivity contribution < 1.29 is 18.7 Å². The van der Waals surface area contributed by atoms with E-state index >= 15 is 0 Å². The zero-order chi connectivity index (χ0) is 20.8. The molecule has 3 rings (SSSR count). The minimum absolute atomic E-state index is 0.0589. The van der Waals surface area contributed by atoms with Crippen LogP contribution in [0.15, 0.2) is 66.7 Å². The van der Waals surface area contributed by atoms with Gasteiger partial charge in [0.25, 0.3) is 11.8 Å². The number of halogens is 2. The van der Waals surface area contributed by atoms with Gasteiger partial charge in [-0.1, -0.05) is 41.9 Å². The van der Waals surface area contributed by atoms with Gasteiger partial charge in [-0.15, -0.1) is 0 Å². The Morgan fingerprint density at radius 3 is 2.48 bits per heavy atom. The molecule has 2 N–H and O–H groups in total. The van der Waals surface area contributed by atoms with E-state index in [2.05, 4.69) is 10.6 Å². The van der Waals surface area contributed by atoms with Crippen LogP contribution in [-0.4, -0.2) is 18.4 Å². The summed E-state index contributed by atoms with van der Waals surface area (Å²) in [6.45, 7) is 1.47. The Hall–Kier alpha value is -3.38. The lowest BCUT2D eigenvalue weighted by Gasteiger charge is -2.13. The number of para-hydroxylation sites is 2. The number of carbonyl (C=O) groups excluding carboxylic acids is 2. The number of hydrogen-bond acceptors (Lipinski definition) is 3. The largest absolute Gasteiger partial charge is 0.483 e. The summed E-state index contributed by atoms with van der Waals surface area (Å²) in [5.41, 5.74) is 1.74. The van der Waals surface area contributed by atoms with Crippen LogP contribution in [0, 0.1) is 12.7 Å². The van der Waals surface area contributed by atoms with Crippen LogP contribution >= 0.6 is 11.6 Å². The predicted octanol–water partition coefficient (Wildman–Crippen LogP) is 5.06. The van der Waals surface area contributed by atoms with Crippen molar-refractivity contribution in [3.05, 3.63) is 88.7 Å². The van der Waals surface area contributed by atoms with Crippen LogP contribution in [0.5, 0.6) is 5.75 Å². The molecule has 0 spiro atoms. The van der Waals surface area contributed by atoms with Crippen LogP contribution in [0.4, 0.5) is 15.8 Å². The molecule has 0 aliphatic carbocycles. The highest BCUT2D eigenvalue weighted by Gasteiger charge is 2.15. The first-order chi connectivity index (χ1) is 13.9. The van der Waals surface area contributed by atoms with E-state index < -0.39 is 17.6 Å². The third-order valence-electron chi connectivity index (χ3n) is 4.09. The summed E-state index contributed by atoms with van der Waals surface area (Å²) in [6.07, 6.45) is 0. The SMILES string of the molecule is Cc1ccc(Cl)cc1NC(=O)c1ccccc1OCC(=O)Nc1ccccc1F. The second-order valence-corrected chi connectivity index (χ2v) is 6.66. The molecule has 0 fully saturated rings. The van der Waals surface area contributed by atoms with E-state index in [1.54, 1.807) is 48.5 Å². The summed E-state index contributed by atoms with van der Waals surface area (Å²) in [7, 11) is 0. The molecule has 2 amide bonds. The molecular weight excluding hydrogens is 395 g/mol. The zero-order valence-electron chi connectivity index (χ0n) is 15.5. The van der Waals surface area contributed by atoms with Gasteiger partial charge in [-0.2, -0.15) is 0 Å². The number of carbonyl (C=O) groups is 2. The zero-order valence-corrected chi connectivity index (χ0v) is 16.3. The number of rotatable bonds is 6. The highest BCUT2D eigenvalue weighted by molar-refractivity contribution is 6.31. The molecule has 0 aliphatic rings. The molecular formula is C22H18ClFN2O3. The van der Waals surface area contributed by atoms with Gasteiger partial charge in [0.2, 0.25) is 0 Å². The van der Waals surface area contributed by atoms with Gasteiger partial charge in [0, 0.05) is 10.7 Å². The van der Waals surface area contributed by atoms with Crippen LogP contribution in [0.3, 0.4) is 0 Å². The lowest BCUT2D eigenvalue weighted by atomic mass is 10.1. The maximum atomic E-state index is 13.6. The van der Waals surface area contributed by atoms with E-state index in [9.17, 15) is 14.0 Å². The van der Waals surface area contributed by atoms with E-state index in [-0.39, 0.29) is 23.6 Å². The number of anilines is 2. The summed E-state index contributed by atoms with van der Waals surface area (Å²) < 4.78 is 19.1. The first-order valence-electron chi connectivity index (χ1n) is 8.78. The summed E-state index contributed by atoms with van der Waals surface area (Å²) in [6, 6.07) is 17.5. The van der Waals surface area contributed by atoms with Crippen LogP contribution in [-0.2, 0) is 4.79 Å². The van der Waals surface area contributed by atoms with Crippen molar-refractivity contribution in [2.45, 2.75) is 6.92 Å². The number of amides is 2. The Bertz CT molecular complexity index is 1060. The van der Waals surface area contributed by atoms with Crippen LogP contribution in [0.2, 0.25) is 5.02 Å². The van der Waals surface area contributed by atoms with Gasteiger partial charge in [0.05, 0.1) is 11.3 Å². The second-order valence-electron chi connectivity index (χ2n) is 6.23. The van der Waals surface area contributed by atoms with E-state index in [0.717, 1.165) is 5.56 Å². The normalized spacial score (nSPS) is 10.3. The first-order valence-corrected chi connectivity index (χ1v) is 9.15. The Balaban J connectivity index is 1.68. The maximum absolute atomic E-state index is 13.6. The first kappa shape index (κ1) is 20.4. The highest BCUT2D eigenvalue weighted by atomic mass is 35.5. The molecule has 0 saturated carbocycles. The van der Waals surface area contributed by atoms with Crippen molar-refractivity contribution in [3.63, 3.8) is 0 Å². The number of ether oxygens (including phenoxy) is 1. The molecule has 7 heteroatoms. The summed E-state index contributed by atoms with van der Waals surface area (Å²) >= 11 is 5.99. The van der Waals surface area contributed by atoms with Crippen LogP contribution < -0.4 is 15.4 Å². The molecule has 0 heterocycles. The van der Waals surface area contributed by atoms with E-state index in [0.29, 0.717) is 10.7 Å². The predicted molar refractivity (Wildman–Crippen MR) is 111 cm³/mol. The van der Waals surface area contributed by atoms with Crippen molar-refractivity contribution in [3.8, 4) is 5.75 Å². The summed E-state index contributed by atoms with van der Waals surface area (Å²) in [4.78, 5) is 24.8. The lowest BCUT2D eigenvalue weighted by Crippen LogP contribution is -2.22. The average molecular weight is 413 g/mol. The molecule has 0 aliphatic heterocycles. The van der Waals surface area contributed by atoms with Crippen molar-refractivity contribution in [2.24, 2.45) is 0 Å². The molecule has 0 radical (unpaired) electrons. The van der Waals surface area contributed by atoms with Crippen LogP contribution in [0.1, 0.15) is 15.9 Å². The van der Waals surface area contributed by atoms with Gasteiger partial charge in [-0.25, -0.2) is 4.39 Å². The third kappa shape index (κ3) is 5.33. The quantitative estimate of drug-likeness (QED) is 0.594. The monoisotopic (exact) mass is 412 g/mol. The number of benzene rings is 3. The summed E-state index contributed by atoms with van der Waals surface area (Å²) in [5, 5.41) is 5.72. The molecule has 0 aromatic heterocycles. The molecule has 3 aromatic carbocycles. The topological polar surface area (TPSA) is 67.4 Å². The Morgan fingerprint density at radius 2 is 1.69 bits per heavy atom. The molecule has 5 nitrogen and oxygen atoms in total. The molecule has 0 atom stereocenters. The minimum Gasteiger partial charge on any atom is -0.483 e. The number of aryl methyl sites for hydroxylation is 1. The Kier molecular flexibility index (Phi) is 6.46. The number of hydrogen-bond donors (Lipinski definition) is 2. The average Bonchev–Trinajstić information content (AvgIpc) is 2.71. The third-order valence-corrected chi connectivity index (χ3v) is 4.32. The fraction of sp³-hybridized carbons (Fsp3) is 0.0909. The second kappa shape index (κ2) is 9.21. The fourth-order valence-corrected chi connectivity index (χ4v) is 2.76. The number of nitrogens with one attached hydrogen (secondary N) is 2. The van der Waals surface area contributed by atoms with Gasteiger partial charge in [-0.3, -0.25) is 9.59 Å². The summed E-state index contributed by atoms with van der Waals surface area (Å²) in [5.74, 6) is -1.26. The van der Waals surface area contributed by atoms with Crippen LogP contribution in [0.25, 0.3) is 0 Å². The van der Waals surface area contributed by atoms with Gasteiger partial charge < -0.3 is 15.4 Å². The lowest BCUT2D eigenvalue weighted by molar-refractivity contribution is -0.118. The Morgan fingerprint density at radius 1 is 0.966 bits per heavy atom. The van der Waals surface area contributed by atoms with E-state index in [4.69, 9.17) is 16.3 Å². The fourth-order valence-electron chi connectivity index (χ4n) is 2.59. The van der Waals surface area contributed by atoms with Gasteiger partial charge in [0.15, 0.2) is 6.61 Å². The Labute approximate surface area is 172 Å². The van der Waals surface area contributed by atoms with E-state index in [1.807, 2.05) is 6.92 Å². The highest BCUT2D eigenvalue weighted by Crippen LogP contribution is 2.24. The molecule has 3 aromatic rings. The van der Waals surface area contributed by atoms with E-state index in [1.165, 1.54) is 18.2 Å². The molecule has 148 valence electrons. The van der Waals surface area contributed by atoms with Gasteiger partial charge >= 0.3 is 0 Å². The van der Waals surface area contributed by atoms with Crippen molar-refractivity contribution in [2.75, 3.05) is 17.2 Å². The van der Waals surface area contributed by atoms with Gasteiger partial charge in [-0.05, 0) is 48.9 Å². The maximum Gasteiger partial charge on any atom is 0.262 e. The molecule has 0 unspecified atom stereocenters. The minimum atomic E-state index is -0.545. The van der Waals surface area contributed by atoms with Crippen molar-refractivity contribution >= 4 is 34.8 Å². The van der Waals surface area contributed by atoms with Gasteiger partial charge in [0.1, 0.15) is 11.6 Å².